The summed E-state index contributed by atoms with van der Waals surface area (Å²) in [6, 6.07) is 14.1. The highest BCUT2D eigenvalue weighted by atomic mass is 16.6. The average Bonchev–Trinajstić information content (AvgIpc) is 3.24. The van der Waals surface area contributed by atoms with Crippen LogP contribution in [-0.2, 0) is 6.54 Å². The quantitative estimate of drug-likeness (QED) is 0.778. The number of carbonyl (C=O) groups is 1. The number of fused-ring (bicyclic) bond motifs is 2. The summed E-state index contributed by atoms with van der Waals surface area (Å²) in [6.45, 7) is 4.80. The van der Waals surface area contributed by atoms with Crippen LogP contribution in [0.2, 0.25) is 0 Å². The highest BCUT2D eigenvalue weighted by Crippen LogP contribution is 2.35. The van der Waals surface area contributed by atoms with E-state index in [9.17, 15) is 4.79 Å². The lowest BCUT2D eigenvalue weighted by Gasteiger charge is -2.37. The lowest BCUT2D eigenvalue weighted by molar-refractivity contribution is 0.0774. The molecule has 6 heteroatoms. The molecule has 2 atom stereocenters. The third-order valence-corrected chi connectivity index (χ3v) is 6.51. The van der Waals surface area contributed by atoms with Crippen molar-refractivity contribution in [1.82, 2.24) is 9.80 Å². The summed E-state index contributed by atoms with van der Waals surface area (Å²) >= 11 is 0. The van der Waals surface area contributed by atoms with E-state index in [0.29, 0.717) is 25.2 Å². The zero-order valence-corrected chi connectivity index (χ0v) is 17.4. The molecule has 0 radical (unpaired) electrons. The van der Waals surface area contributed by atoms with Crippen molar-refractivity contribution in [3.63, 3.8) is 0 Å². The molecule has 0 aromatic heterocycles. The Kier molecular flexibility index (Phi) is 5.25. The SMILES string of the molecule is COc1ccc(C(=O)N2C[C@H]3CCCN(Cc4ccc5c(c4)OCCO5)[C@H]3C2)cc1. The van der Waals surface area contributed by atoms with Crippen molar-refractivity contribution in [2.45, 2.75) is 25.4 Å². The van der Waals surface area contributed by atoms with Gasteiger partial charge in [-0.3, -0.25) is 9.69 Å². The second-order valence-corrected chi connectivity index (χ2v) is 8.36. The molecule has 0 aliphatic carbocycles. The Bertz CT molecular complexity index is 914. The molecule has 3 heterocycles. The van der Waals surface area contributed by atoms with Crippen LogP contribution in [0.3, 0.4) is 0 Å². The molecule has 0 unspecified atom stereocenters. The number of piperidine rings is 1. The Morgan fingerprint density at radius 3 is 2.67 bits per heavy atom. The Hall–Kier alpha value is -2.73. The summed E-state index contributed by atoms with van der Waals surface area (Å²) in [6.07, 6.45) is 2.37. The topological polar surface area (TPSA) is 51.2 Å². The fourth-order valence-corrected chi connectivity index (χ4v) is 4.97. The normalized spacial score (nSPS) is 23.2. The average molecular weight is 408 g/mol. The lowest BCUT2D eigenvalue weighted by Crippen LogP contribution is -2.44. The van der Waals surface area contributed by atoms with Gasteiger partial charge in [0, 0.05) is 31.2 Å². The molecule has 0 spiro atoms. The first-order chi connectivity index (χ1) is 14.7. The molecule has 0 saturated carbocycles. The van der Waals surface area contributed by atoms with Crippen LogP contribution in [0.25, 0.3) is 0 Å². The molecule has 6 nitrogen and oxygen atoms in total. The second-order valence-electron chi connectivity index (χ2n) is 8.36. The number of benzene rings is 2. The molecule has 30 heavy (non-hydrogen) atoms. The fourth-order valence-electron chi connectivity index (χ4n) is 4.97. The van der Waals surface area contributed by atoms with E-state index >= 15 is 0 Å². The van der Waals surface area contributed by atoms with E-state index in [0.717, 1.165) is 49.0 Å². The van der Waals surface area contributed by atoms with Crippen LogP contribution in [0.1, 0.15) is 28.8 Å². The highest BCUT2D eigenvalue weighted by Gasteiger charge is 2.40. The fraction of sp³-hybridized carbons (Fsp3) is 0.458. The predicted octanol–water partition coefficient (Wildman–Crippen LogP) is 3.20. The van der Waals surface area contributed by atoms with E-state index in [4.69, 9.17) is 14.2 Å². The Labute approximate surface area is 177 Å². The highest BCUT2D eigenvalue weighted by molar-refractivity contribution is 5.94. The first-order valence-electron chi connectivity index (χ1n) is 10.8. The molecule has 2 saturated heterocycles. The largest absolute Gasteiger partial charge is 0.497 e. The minimum atomic E-state index is 0.117. The molecule has 2 fully saturated rings. The number of nitrogens with zero attached hydrogens (tertiary/aromatic N) is 2. The van der Waals surface area contributed by atoms with Crippen LogP contribution in [0.4, 0.5) is 0 Å². The molecule has 3 aliphatic heterocycles. The minimum Gasteiger partial charge on any atom is -0.497 e. The maximum absolute atomic E-state index is 13.1. The van der Waals surface area contributed by atoms with Crippen LogP contribution < -0.4 is 14.2 Å². The standard InChI is InChI=1S/C24H28N2O4/c1-28-20-7-5-18(6-8-20)24(27)26-15-19-3-2-10-25(21(19)16-26)14-17-4-9-22-23(13-17)30-12-11-29-22/h4-9,13,19,21H,2-3,10-12,14-16H2,1H3/t19-,21+/m1/s1. The van der Waals surface area contributed by atoms with E-state index in [2.05, 4.69) is 17.0 Å². The third-order valence-electron chi connectivity index (χ3n) is 6.51. The van der Waals surface area contributed by atoms with Gasteiger partial charge in [0.15, 0.2) is 11.5 Å². The number of carbonyl (C=O) groups excluding carboxylic acids is 1. The van der Waals surface area contributed by atoms with Crippen LogP contribution in [-0.4, -0.2) is 61.7 Å². The van der Waals surface area contributed by atoms with Crippen molar-refractivity contribution < 1.29 is 19.0 Å². The van der Waals surface area contributed by atoms with Crippen molar-refractivity contribution in [2.75, 3.05) is 40.0 Å². The summed E-state index contributed by atoms with van der Waals surface area (Å²) in [5, 5.41) is 0. The Balaban J connectivity index is 1.28. The zero-order valence-electron chi connectivity index (χ0n) is 17.4. The lowest BCUT2D eigenvalue weighted by atomic mass is 9.91. The first-order valence-corrected chi connectivity index (χ1v) is 10.8. The van der Waals surface area contributed by atoms with Gasteiger partial charge < -0.3 is 19.1 Å². The maximum Gasteiger partial charge on any atom is 0.253 e. The van der Waals surface area contributed by atoms with Crippen LogP contribution >= 0.6 is 0 Å². The monoisotopic (exact) mass is 408 g/mol. The molecule has 3 aliphatic rings. The van der Waals surface area contributed by atoms with Gasteiger partial charge in [0.2, 0.25) is 0 Å². The molecule has 158 valence electrons. The van der Waals surface area contributed by atoms with E-state index in [1.807, 2.05) is 35.2 Å². The summed E-state index contributed by atoms with van der Waals surface area (Å²) in [7, 11) is 1.64. The van der Waals surface area contributed by atoms with E-state index < -0.39 is 0 Å². The van der Waals surface area contributed by atoms with Crippen LogP contribution in [0.5, 0.6) is 17.2 Å². The Morgan fingerprint density at radius 2 is 1.87 bits per heavy atom. The summed E-state index contributed by atoms with van der Waals surface area (Å²) in [4.78, 5) is 17.6. The molecule has 5 rings (SSSR count). The van der Waals surface area contributed by atoms with Crippen molar-refractivity contribution >= 4 is 5.91 Å². The van der Waals surface area contributed by atoms with Gasteiger partial charge in [-0.2, -0.15) is 0 Å². The number of methoxy groups -OCH3 is 1. The Morgan fingerprint density at radius 1 is 1.07 bits per heavy atom. The van der Waals surface area contributed by atoms with Gasteiger partial charge >= 0.3 is 0 Å². The molecule has 2 aromatic rings. The summed E-state index contributed by atoms with van der Waals surface area (Å²) in [5.74, 6) is 3.10. The van der Waals surface area contributed by atoms with Gasteiger partial charge in [0.05, 0.1) is 7.11 Å². The number of ether oxygens (including phenoxy) is 3. The smallest absolute Gasteiger partial charge is 0.253 e. The van der Waals surface area contributed by atoms with E-state index in [1.165, 1.54) is 18.4 Å². The minimum absolute atomic E-state index is 0.117. The number of hydrogen-bond donors (Lipinski definition) is 0. The van der Waals surface area contributed by atoms with Gasteiger partial charge in [0.25, 0.3) is 5.91 Å². The number of hydrogen-bond acceptors (Lipinski definition) is 5. The zero-order chi connectivity index (χ0) is 20.5. The number of rotatable bonds is 4. The van der Waals surface area contributed by atoms with Crippen molar-refractivity contribution in [1.29, 1.82) is 0 Å². The van der Waals surface area contributed by atoms with Gasteiger partial charge in [-0.1, -0.05) is 6.07 Å². The summed E-state index contributed by atoms with van der Waals surface area (Å²) in [5.41, 5.74) is 1.97. The van der Waals surface area contributed by atoms with Crippen molar-refractivity contribution in [2.24, 2.45) is 5.92 Å². The third kappa shape index (κ3) is 3.72. The number of likely N-dealkylation sites (tertiary alicyclic amines) is 2. The predicted molar refractivity (Wildman–Crippen MR) is 113 cm³/mol. The molecule has 0 N–H and O–H groups in total. The van der Waals surface area contributed by atoms with Crippen LogP contribution in [0.15, 0.2) is 42.5 Å². The van der Waals surface area contributed by atoms with Gasteiger partial charge in [0.1, 0.15) is 19.0 Å². The molecule has 2 aromatic carbocycles. The van der Waals surface area contributed by atoms with Crippen molar-refractivity contribution in [3.8, 4) is 17.2 Å². The molecular formula is C24H28N2O4. The molecule has 1 amide bonds. The molecule has 0 bridgehead atoms. The van der Waals surface area contributed by atoms with Gasteiger partial charge in [-0.25, -0.2) is 0 Å². The van der Waals surface area contributed by atoms with Crippen molar-refractivity contribution in [3.05, 3.63) is 53.6 Å². The van der Waals surface area contributed by atoms with Gasteiger partial charge in [-0.15, -0.1) is 0 Å². The van der Waals surface area contributed by atoms with Gasteiger partial charge in [-0.05, 0) is 67.3 Å². The second kappa shape index (κ2) is 8.19. The summed E-state index contributed by atoms with van der Waals surface area (Å²) < 4.78 is 16.6. The number of amides is 1. The van der Waals surface area contributed by atoms with E-state index in [1.54, 1.807) is 7.11 Å². The van der Waals surface area contributed by atoms with Crippen LogP contribution in [0, 0.1) is 5.92 Å². The van der Waals surface area contributed by atoms with E-state index in [-0.39, 0.29) is 5.91 Å². The maximum atomic E-state index is 13.1. The first kappa shape index (κ1) is 19.2. The molecular weight excluding hydrogens is 380 g/mol.